The van der Waals surface area contributed by atoms with Crippen molar-refractivity contribution in [3.8, 4) is 0 Å². The van der Waals surface area contributed by atoms with Gasteiger partial charge in [-0.2, -0.15) is 0 Å². The van der Waals surface area contributed by atoms with Gasteiger partial charge in [0.1, 0.15) is 11.0 Å². The van der Waals surface area contributed by atoms with Crippen molar-refractivity contribution in [2.45, 2.75) is 19.9 Å². The van der Waals surface area contributed by atoms with Crippen LogP contribution in [0.25, 0.3) is 0 Å². The van der Waals surface area contributed by atoms with Crippen molar-refractivity contribution in [2.75, 3.05) is 5.32 Å². The molecular formula is C14H10Cl2N4O3S. The van der Waals surface area contributed by atoms with Gasteiger partial charge in [0.05, 0.1) is 21.2 Å². The number of imide groups is 1. The zero-order valence-electron chi connectivity index (χ0n) is 12.5. The van der Waals surface area contributed by atoms with Crippen molar-refractivity contribution in [3.05, 3.63) is 38.3 Å². The smallest absolute Gasteiger partial charge is 0.262 e. The van der Waals surface area contributed by atoms with Gasteiger partial charge in [0, 0.05) is 0 Å². The first kappa shape index (κ1) is 16.8. The maximum absolute atomic E-state index is 12.5. The number of carbonyl (C=O) groups is 3. The number of hydrogen-bond donors (Lipinski definition) is 1. The van der Waals surface area contributed by atoms with Crippen LogP contribution in [0, 0.1) is 6.92 Å². The third kappa shape index (κ3) is 2.77. The maximum Gasteiger partial charge on any atom is 0.262 e. The molecule has 2 aromatic rings. The van der Waals surface area contributed by atoms with E-state index < -0.39 is 23.8 Å². The topological polar surface area (TPSA) is 92.3 Å². The van der Waals surface area contributed by atoms with Crippen molar-refractivity contribution in [2.24, 2.45) is 0 Å². The lowest BCUT2D eigenvalue weighted by Gasteiger charge is -2.20. The van der Waals surface area contributed by atoms with Crippen molar-refractivity contribution in [3.63, 3.8) is 0 Å². The van der Waals surface area contributed by atoms with E-state index in [1.165, 1.54) is 30.4 Å². The number of nitrogens with one attached hydrogen (secondary N) is 1. The Balaban J connectivity index is 1.85. The molecule has 24 heavy (non-hydrogen) atoms. The maximum atomic E-state index is 12.5. The molecule has 1 aromatic carbocycles. The molecule has 1 aromatic heterocycles. The van der Waals surface area contributed by atoms with Crippen LogP contribution >= 0.6 is 34.5 Å². The molecule has 2 heterocycles. The zero-order valence-corrected chi connectivity index (χ0v) is 14.8. The largest absolute Gasteiger partial charge is 0.299 e. The van der Waals surface area contributed by atoms with Gasteiger partial charge in [0.2, 0.25) is 11.0 Å². The molecule has 0 spiro atoms. The molecule has 3 rings (SSSR count). The van der Waals surface area contributed by atoms with Crippen LogP contribution in [-0.2, 0) is 4.79 Å². The van der Waals surface area contributed by atoms with E-state index in [4.69, 9.17) is 23.2 Å². The second-order valence-corrected chi connectivity index (χ2v) is 7.08. The summed E-state index contributed by atoms with van der Waals surface area (Å²) in [4.78, 5) is 38.1. The Bertz CT molecular complexity index is 842. The molecular weight excluding hydrogens is 375 g/mol. The molecule has 0 radical (unpaired) electrons. The first-order chi connectivity index (χ1) is 11.3. The molecule has 10 heteroatoms. The van der Waals surface area contributed by atoms with E-state index in [0.29, 0.717) is 10.1 Å². The van der Waals surface area contributed by atoms with Gasteiger partial charge in [0.15, 0.2) is 0 Å². The van der Waals surface area contributed by atoms with Crippen LogP contribution in [0.15, 0.2) is 12.1 Å². The van der Waals surface area contributed by atoms with Crippen LogP contribution in [0.5, 0.6) is 0 Å². The van der Waals surface area contributed by atoms with Crippen LogP contribution in [-0.4, -0.2) is 38.9 Å². The molecule has 0 fully saturated rings. The van der Waals surface area contributed by atoms with E-state index in [0.717, 1.165) is 4.90 Å². The number of benzene rings is 1. The fourth-order valence-corrected chi connectivity index (χ4v) is 3.20. The fourth-order valence-electron chi connectivity index (χ4n) is 2.28. The lowest BCUT2D eigenvalue weighted by atomic mass is 10.1. The third-order valence-electron chi connectivity index (χ3n) is 3.48. The number of rotatable bonds is 3. The van der Waals surface area contributed by atoms with Crippen molar-refractivity contribution in [1.82, 2.24) is 15.1 Å². The van der Waals surface area contributed by atoms with E-state index in [9.17, 15) is 14.4 Å². The Labute approximate surface area is 150 Å². The van der Waals surface area contributed by atoms with Gasteiger partial charge < -0.3 is 0 Å². The summed E-state index contributed by atoms with van der Waals surface area (Å²) >= 11 is 13.0. The first-order valence-electron chi connectivity index (χ1n) is 6.77. The van der Waals surface area contributed by atoms with E-state index in [-0.39, 0.29) is 21.2 Å². The number of aromatic nitrogens is 2. The van der Waals surface area contributed by atoms with Gasteiger partial charge in [-0.15, -0.1) is 10.2 Å². The molecule has 0 saturated carbocycles. The van der Waals surface area contributed by atoms with Gasteiger partial charge in [-0.25, -0.2) is 0 Å². The molecule has 1 aliphatic rings. The summed E-state index contributed by atoms with van der Waals surface area (Å²) in [7, 11) is 0. The van der Waals surface area contributed by atoms with Crippen LogP contribution in [0.4, 0.5) is 5.13 Å². The molecule has 7 nitrogen and oxygen atoms in total. The summed E-state index contributed by atoms with van der Waals surface area (Å²) < 4.78 is 0. The second-order valence-electron chi connectivity index (χ2n) is 5.08. The second kappa shape index (κ2) is 6.12. The zero-order chi connectivity index (χ0) is 17.6. The van der Waals surface area contributed by atoms with Crippen LogP contribution in [0.1, 0.15) is 32.6 Å². The number of fused-ring (bicyclic) bond motifs is 1. The SMILES string of the molecule is Cc1nnc(NC(=O)C(C)N2C(=O)c3cc(Cl)c(Cl)cc3C2=O)s1. The number of hydrogen-bond acceptors (Lipinski definition) is 6. The summed E-state index contributed by atoms with van der Waals surface area (Å²) in [6, 6.07) is 1.63. The summed E-state index contributed by atoms with van der Waals surface area (Å²) in [6.07, 6.45) is 0. The Hall–Kier alpha value is -2.03. The standard InChI is InChI=1S/C14H10Cl2N4O3S/c1-5(11(21)17-14-19-18-6(2)24-14)20-12(22)7-3-9(15)10(16)4-8(7)13(20)23/h3-5H,1-2H3,(H,17,19,21). The minimum Gasteiger partial charge on any atom is -0.299 e. The highest BCUT2D eigenvalue weighted by Crippen LogP contribution is 2.32. The molecule has 1 aliphatic heterocycles. The van der Waals surface area contributed by atoms with Crippen LogP contribution in [0.3, 0.4) is 0 Å². The molecule has 3 amide bonds. The lowest BCUT2D eigenvalue weighted by Crippen LogP contribution is -2.45. The summed E-state index contributed by atoms with van der Waals surface area (Å²) in [6.45, 7) is 3.20. The fraction of sp³-hybridized carbons (Fsp3) is 0.214. The number of amides is 3. The highest BCUT2D eigenvalue weighted by Gasteiger charge is 2.41. The number of anilines is 1. The average molecular weight is 385 g/mol. The lowest BCUT2D eigenvalue weighted by molar-refractivity contribution is -0.119. The molecule has 1 atom stereocenters. The molecule has 1 unspecified atom stereocenters. The average Bonchev–Trinajstić information content (AvgIpc) is 3.03. The molecule has 124 valence electrons. The van der Waals surface area contributed by atoms with Crippen molar-refractivity contribution >= 4 is 57.4 Å². The number of carbonyl (C=O) groups excluding carboxylic acids is 3. The van der Waals surface area contributed by atoms with Crippen LogP contribution in [0.2, 0.25) is 10.0 Å². The van der Waals surface area contributed by atoms with Crippen molar-refractivity contribution < 1.29 is 14.4 Å². The van der Waals surface area contributed by atoms with Crippen LogP contribution < -0.4 is 5.32 Å². The predicted molar refractivity (Wildman–Crippen MR) is 89.7 cm³/mol. The number of halogens is 2. The monoisotopic (exact) mass is 384 g/mol. The number of nitrogens with zero attached hydrogens (tertiary/aromatic N) is 3. The summed E-state index contributed by atoms with van der Waals surface area (Å²) in [5.74, 6) is -1.73. The number of aryl methyl sites for hydroxylation is 1. The van der Waals surface area contributed by atoms with E-state index in [1.807, 2.05) is 0 Å². The normalized spacial score (nSPS) is 14.8. The van der Waals surface area contributed by atoms with Crippen molar-refractivity contribution in [1.29, 1.82) is 0 Å². The summed E-state index contributed by atoms with van der Waals surface area (Å²) in [5, 5.41) is 11.4. The van der Waals surface area contributed by atoms with E-state index in [1.54, 1.807) is 6.92 Å². The minimum atomic E-state index is -1.03. The van der Waals surface area contributed by atoms with Gasteiger partial charge in [-0.1, -0.05) is 34.5 Å². The highest BCUT2D eigenvalue weighted by molar-refractivity contribution is 7.15. The van der Waals surface area contributed by atoms with Gasteiger partial charge in [-0.3, -0.25) is 24.6 Å². The summed E-state index contributed by atoms with van der Waals surface area (Å²) in [5.41, 5.74) is 0.251. The quantitative estimate of drug-likeness (QED) is 0.821. The molecule has 0 saturated heterocycles. The molecule has 1 N–H and O–H groups in total. The van der Waals surface area contributed by atoms with Gasteiger partial charge in [0.25, 0.3) is 11.8 Å². The predicted octanol–water partition coefficient (Wildman–Crippen LogP) is 2.78. The minimum absolute atomic E-state index is 0.126. The third-order valence-corrected chi connectivity index (χ3v) is 4.96. The first-order valence-corrected chi connectivity index (χ1v) is 8.34. The van der Waals surface area contributed by atoms with Gasteiger partial charge in [-0.05, 0) is 26.0 Å². The van der Waals surface area contributed by atoms with E-state index >= 15 is 0 Å². The Morgan fingerprint density at radius 1 is 1.17 bits per heavy atom. The van der Waals surface area contributed by atoms with E-state index in [2.05, 4.69) is 15.5 Å². The highest BCUT2D eigenvalue weighted by atomic mass is 35.5. The molecule has 0 bridgehead atoms. The Kier molecular flexibility index (Phi) is 4.29. The Morgan fingerprint density at radius 3 is 2.17 bits per heavy atom. The molecule has 0 aliphatic carbocycles. The Morgan fingerprint density at radius 2 is 1.71 bits per heavy atom. The van der Waals surface area contributed by atoms with Gasteiger partial charge >= 0.3 is 0 Å².